The molecule has 0 amide bonds. The molecule has 0 aliphatic rings. The average Bonchev–Trinajstić information content (AvgIpc) is 2.69. The first kappa shape index (κ1) is 10.8. The largest absolute Gasteiger partial charge is 0.479 e. The Morgan fingerprint density at radius 1 is 1.41 bits per heavy atom. The standard InChI is InChI=1S/C8H7N5O4/c14-6(15)3-17-8-11-7(13(16)12-8)5-1-9-4-10-2-5/h1-2,4,16H,3H2,(H,14,15). The summed E-state index contributed by atoms with van der Waals surface area (Å²) in [6, 6.07) is -0.242. The quantitative estimate of drug-likeness (QED) is 0.678. The van der Waals surface area contributed by atoms with Crippen LogP contribution in [-0.4, -0.2) is 47.8 Å². The number of hydrogen-bond donors (Lipinski definition) is 2. The Morgan fingerprint density at radius 3 is 2.76 bits per heavy atom. The summed E-state index contributed by atoms with van der Waals surface area (Å²) >= 11 is 0. The van der Waals surface area contributed by atoms with Gasteiger partial charge in [-0.1, -0.05) is 9.94 Å². The molecule has 2 heterocycles. The van der Waals surface area contributed by atoms with E-state index in [2.05, 4.69) is 20.1 Å². The maximum Gasteiger partial charge on any atom is 0.341 e. The summed E-state index contributed by atoms with van der Waals surface area (Å²) in [5, 5.41) is 21.3. The van der Waals surface area contributed by atoms with E-state index in [9.17, 15) is 10.0 Å². The van der Waals surface area contributed by atoms with Crippen LogP contribution in [0.5, 0.6) is 6.01 Å². The van der Waals surface area contributed by atoms with E-state index in [1.54, 1.807) is 0 Å². The molecule has 0 radical (unpaired) electrons. The number of nitrogens with zero attached hydrogens (tertiary/aromatic N) is 5. The van der Waals surface area contributed by atoms with Crippen molar-refractivity contribution in [1.29, 1.82) is 0 Å². The van der Waals surface area contributed by atoms with Gasteiger partial charge in [0.15, 0.2) is 6.61 Å². The van der Waals surface area contributed by atoms with Crippen LogP contribution in [0.2, 0.25) is 0 Å². The Morgan fingerprint density at radius 2 is 2.12 bits per heavy atom. The van der Waals surface area contributed by atoms with E-state index in [1.165, 1.54) is 18.7 Å². The molecular weight excluding hydrogens is 230 g/mol. The summed E-state index contributed by atoms with van der Waals surface area (Å²) in [4.78, 5) is 22.0. The number of carboxylic acids is 1. The SMILES string of the molecule is O=C(O)COc1nc(-c2cncnc2)n(O)n1. The highest BCUT2D eigenvalue weighted by Crippen LogP contribution is 2.16. The van der Waals surface area contributed by atoms with Crippen LogP contribution in [0.3, 0.4) is 0 Å². The van der Waals surface area contributed by atoms with E-state index < -0.39 is 12.6 Å². The van der Waals surface area contributed by atoms with Crippen LogP contribution < -0.4 is 4.74 Å². The predicted octanol–water partition coefficient (Wildman–Crippen LogP) is -0.564. The Kier molecular flexibility index (Phi) is 2.81. The molecule has 0 saturated heterocycles. The molecule has 0 aromatic carbocycles. The molecule has 0 aliphatic carbocycles. The van der Waals surface area contributed by atoms with Gasteiger partial charge >= 0.3 is 12.0 Å². The summed E-state index contributed by atoms with van der Waals surface area (Å²) in [6.45, 7) is -0.589. The minimum Gasteiger partial charge on any atom is -0.479 e. The van der Waals surface area contributed by atoms with Crippen LogP contribution in [0.15, 0.2) is 18.7 Å². The number of aliphatic carboxylic acids is 1. The van der Waals surface area contributed by atoms with Crippen LogP contribution in [-0.2, 0) is 4.79 Å². The first-order valence-corrected chi connectivity index (χ1v) is 4.43. The zero-order valence-corrected chi connectivity index (χ0v) is 8.39. The Hall–Kier alpha value is -2.71. The normalized spacial score (nSPS) is 10.1. The van der Waals surface area contributed by atoms with Gasteiger partial charge in [0.25, 0.3) is 0 Å². The van der Waals surface area contributed by atoms with Gasteiger partial charge in [-0.3, -0.25) is 0 Å². The average molecular weight is 237 g/mol. The van der Waals surface area contributed by atoms with Crippen LogP contribution in [0.4, 0.5) is 0 Å². The van der Waals surface area contributed by atoms with Crippen LogP contribution in [0.25, 0.3) is 11.4 Å². The second-order valence-electron chi connectivity index (χ2n) is 2.92. The topological polar surface area (TPSA) is 123 Å². The predicted molar refractivity (Wildman–Crippen MR) is 51.4 cm³/mol. The third-order valence-corrected chi connectivity index (χ3v) is 1.71. The van der Waals surface area contributed by atoms with E-state index in [1.807, 2.05) is 0 Å². The summed E-state index contributed by atoms with van der Waals surface area (Å²) in [5.74, 6) is -1.10. The minimum absolute atomic E-state index is 0.0611. The number of hydrogen-bond acceptors (Lipinski definition) is 7. The third-order valence-electron chi connectivity index (χ3n) is 1.71. The number of carboxylic acid groups (broad SMARTS) is 1. The van der Waals surface area contributed by atoms with Gasteiger partial charge in [-0.2, -0.15) is 4.98 Å². The lowest BCUT2D eigenvalue weighted by molar-refractivity contribution is -0.139. The zero-order chi connectivity index (χ0) is 12.3. The maximum absolute atomic E-state index is 10.3. The van der Waals surface area contributed by atoms with Crippen LogP contribution in [0, 0.1) is 0 Å². The Balaban J connectivity index is 2.22. The minimum atomic E-state index is -1.16. The van der Waals surface area contributed by atoms with Gasteiger partial charge in [0.1, 0.15) is 6.33 Å². The zero-order valence-electron chi connectivity index (χ0n) is 8.39. The summed E-state index contributed by atoms with van der Waals surface area (Å²) in [6.07, 6.45) is 4.17. The van der Waals surface area contributed by atoms with Crippen molar-refractivity contribution in [2.24, 2.45) is 0 Å². The van der Waals surface area contributed by atoms with Gasteiger partial charge in [0.05, 0.1) is 5.56 Å². The highest BCUT2D eigenvalue weighted by molar-refractivity contribution is 5.68. The highest BCUT2D eigenvalue weighted by Gasteiger charge is 2.13. The third kappa shape index (κ3) is 2.45. The number of carbonyl (C=O) groups is 1. The fraction of sp³-hybridized carbons (Fsp3) is 0.125. The summed E-state index contributed by atoms with van der Waals surface area (Å²) in [7, 11) is 0. The van der Waals surface area contributed by atoms with Crippen molar-refractivity contribution >= 4 is 5.97 Å². The Bertz CT molecular complexity index is 526. The molecule has 2 aromatic heterocycles. The molecule has 2 rings (SSSR count). The molecule has 2 aromatic rings. The van der Waals surface area contributed by atoms with Gasteiger partial charge < -0.3 is 15.1 Å². The second-order valence-corrected chi connectivity index (χ2v) is 2.92. The van der Waals surface area contributed by atoms with Gasteiger partial charge in [-0.25, -0.2) is 14.8 Å². The molecule has 88 valence electrons. The lowest BCUT2D eigenvalue weighted by Gasteiger charge is -1.94. The van der Waals surface area contributed by atoms with E-state index in [4.69, 9.17) is 9.84 Å². The number of rotatable bonds is 4. The van der Waals surface area contributed by atoms with Crippen molar-refractivity contribution in [1.82, 2.24) is 24.9 Å². The number of ether oxygens (including phenoxy) is 1. The fourth-order valence-electron chi connectivity index (χ4n) is 1.07. The van der Waals surface area contributed by atoms with Crippen LogP contribution in [0.1, 0.15) is 0 Å². The van der Waals surface area contributed by atoms with Crippen molar-refractivity contribution in [2.45, 2.75) is 0 Å². The molecular formula is C8H7N5O4. The van der Waals surface area contributed by atoms with Gasteiger partial charge in [0, 0.05) is 12.4 Å². The van der Waals surface area contributed by atoms with E-state index in [-0.39, 0.29) is 11.8 Å². The highest BCUT2D eigenvalue weighted by atomic mass is 16.5. The van der Waals surface area contributed by atoms with Gasteiger partial charge in [0.2, 0.25) is 5.82 Å². The summed E-state index contributed by atoms with van der Waals surface area (Å²) < 4.78 is 4.71. The molecule has 0 atom stereocenters. The monoisotopic (exact) mass is 237 g/mol. The lowest BCUT2D eigenvalue weighted by atomic mass is 10.3. The molecule has 0 bridgehead atoms. The molecule has 0 unspecified atom stereocenters. The fourth-order valence-corrected chi connectivity index (χ4v) is 1.07. The molecule has 17 heavy (non-hydrogen) atoms. The van der Waals surface area contributed by atoms with Crippen molar-refractivity contribution in [2.75, 3.05) is 6.61 Å². The summed E-state index contributed by atoms with van der Waals surface area (Å²) in [5.41, 5.74) is 0.424. The molecule has 2 N–H and O–H groups in total. The smallest absolute Gasteiger partial charge is 0.341 e. The first-order chi connectivity index (χ1) is 8.16. The molecule has 0 saturated carbocycles. The lowest BCUT2D eigenvalue weighted by Crippen LogP contribution is -2.10. The number of aromatic nitrogens is 5. The molecule has 9 heteroatoms. The van der Waals surface area contributed by atoms with Crippen LogP contribution >= 0.6 is 0 Å². The van der Waals surface area contributed by atoms with E-state index >= 15 is 0 Å². The Labute approximate surface area is 94.3 Å². The molecule has 0 aliphatic heterocycles. The van der Waals surface area contributed by atoms with Gasteiger partial charge in [-0.05, 0) is 0 Å². The molecule has 0 spiro atoms. The second kappa shape index (κ2) is 4.43. The van der Waals surface area contributed by atoms with Crippen molar-refractivity contribution in [3.05, 3.63) is 18.7 Å². The first-order valence-electron chi connectivity index (χ1n) is 4.43. The van der Waals surface area contributed by atoms with Crippen molar-refractivity contribution < 1.29 is 19.8 Å². The van der Waals surface area contributed by atoms with E-state index in [0.29, 0.717) is 10.4 Å². The van der Waals surface area contributed by atoms with Crippen molar-refractivity contribution in [3.63, 3.8) is 0 Å². The van der Waals surface area contributed by atoms with Crippen molar-refractivity contribution in [3.8, 4) is 17.4 Å². The molecule has 0 fully saturated rings. The van der Waals surface area contributed by atoms with Gasteiger partial charge in [-0.15, -0.1) is 0 Å². The maximum atomic E-state index is 10.3. The van der Waals surface area contributed by atoms with E-state index in [0.717, 1.165) is 0 Å². The molecule has 9 nitrogen and oxygen atoms in total.